The predicted molar refractivity (Wildman–Crippen MR) is 74.8 cm³/mol. The number of unbranched alkanes of at least 4 members (excludes halogenated alkanes) is 8. The minimum Gasteiger partial charge on any atom is -0.371 e. The molecule has 19 heavy (non-hydrogen) atoms. The summed E-state index contributed by atoms with van der Waals surface area (Å²) in [5, 5.41) is 0. The van der Waals surface area contributed by atoms with Crippen molar-refractivity contribution in [2.24, 2.45) is 0 Å². The van der Waals surface area contributed by atoms with E-state index in [1.165, 1.54) is 38.5 Å². The van der Waals surface area contributed by atoms with Crippen molar-refractivity contribution in [2.45, 2.75) is 71.1 Å². The van der Waals surface area contributed by atoms with Gasteiger partial charge >= 0.3 is 13.8 Å². The number of phosphoric ester groups is 1. The van der Waals surface area contributed by atoms with Crippen LogP contribution >= 0.6 is 7.82 Å². The Morgan fingerprint density at radius 1 is 1.00 bits per heavy atom. The van der Waals surface area contributed by atoms with Crippen LogP contribution in [0.1, 0.15) is 71.1 Å². The minimum absolute atomic E-state index is 0.170. The van der Waals surface area contributed by atoms with Crippen LogP contribution in [0.4, 0.5) is 0 Å². The fourth-order valence-electron chi connectivity index (χ4n) is 1.79. The molecule has 1 atom stereocenters. The topological polar surface area (TPSA) is 72.8 Å². The van der Waals surface area contributed by atoms with Crippen LogP contribution in [0.3, 0.4) is 0 Å². The van der Waals surface area contributed by atoms with Crippen LogP contribution in [-0.2, 0) is 18.4 Å². The van der Waals surface area contributed by atoms with Crippen molar-refractivity contribution in [3.63, 3.8) is 0 Å². The van der Waals surface area contributed by atoms with Crippen LogP contribution in [0.5, 0.6) is 0 Å². The van der Waals surface area contributed by atoms with Gasteiger partial charge in [0.1, 0.15) is 0 Å². The molecule has 0 fully saturated rings. The maximum Gasteiger partial charge on any atom is 0.529 e. The zero-order valence-corrected chi connectivity index (χ0v) is 13.0. The molecule has 0 aliphatic carbocycles. The van der Waals surface area contributed by atoms with E-state index in [-0.39, 0.29) is 6.42 Å². The minimum atomic E-state index is -4.16. The van der Waals surface area contributed by atoms with E-state index in [1.807, 2.05) is 0 Å². The lowest BCUT2D eigenvalue weighted by Crippen LogP contribution is -2.03. The van der Waals surface area contributed by atoms with Gasteiger partial charge in [0.05, 0.1) is 0 Å². The van der Waals surface area contributed by atoms with Gasteiger partial charge in [-0.15, -0.1) is 0 Å². The Bertz CT molecular complexity index is 280. The van der Waals surface area contributed by atoms with Crippen molar-refractivity contribution < 1.29 is 23.3 Å². The lowest BCUT2D eigenvalue weighted by atomic mass is 10.1. The second-order valence-electron chi connectivity index (χ2n) is 4.69. The first-order valence-corrected chi connectivity index (χ1v) is 8.62. The van der Waals surface area contributed by atoms with Gasteiger partial charge in [0, 0.05) is 13.5 Å². The molecule has 0 rings (SSSR count). The first-order chi connectivity index (χ1) is 9.02. The molecule has 6 heteroatoms. The van der Waals surface area contributed by atoms with Gasteiger partial charge in [0.15, 0.2) is 0 Å². The second-order valence-corrected chi connectivity index (χ2v) is 6.18. The Balaban J connectivity index is 3.35. The first-order valence-electron chi connectivity index (χ1n) is 7.12. The third kappa shape index (κ3) is 12.4. The third-order valence-electron chi connectivity index (χ3n) is 2.93. The number of phosphoric acid groups is 1. The highest BCUT2D eigenvalue weighted by Gasteiger charge is 2.23. The molecule has 0 aromatic heterocycles. The van der Waals surface area contributed by atoms with Gasteiger partial charge in [0.25, 0.3) is 0 Å². The molecule has 5 nitrogen and oxygen atoms in total. The Labute approximate surface area is 116 Å². The molecular formula is C13H27O5P. The van der Waals surface area contributed by atoms with E-state index in [9.17, 15) is 9.36 Å². The summed E-state index contributed by atoms with van der Waals surface area (Å²) in [6.07, 6.45) is 10.5. The Morgan fingerprint density at radius 3 is 1.95 bits per heavy atom. The summed E-state index contributed by atoms with van der Waals surface area (Å²) < 4.78 is 19.4. The van der Waals surface area contributed by atoms with Crippen molar-refractivity contribution in [3.05, 3.63) is 0 Å². The number of carbonyl (C=O) groups excluding carboxylic acids is 1. The number of hydrogen-bond acceptors (Lipinski definition) is 4. The van der Waals surface area contributed by atoms with E-state index in [0.29, 0.717) is 6.42 Å². The van der Waals surface area contributed by atoms with Crippen molar-refractivity contribution in [3.8, 4) is 0 Å². The summed E-state index contributed by atoms with van der Waals surface area (Å²) in [7, 11) is -3.12. The van der Waals surface area contributed by atoms with Crippen LogP contribution < -0.4 is 0 Å². The van der Waals surface area contributed by atoms with E-state index in [1.54, 1.807) is 0 Å². The van der Waals surface area contributed by atoms with E-state index in [2.05, 4.69) is 16.0 Å². The number of hydrogen-bond donors (Lipinski definition) is 1. The highest BCUT2D eigenvalue weighted by molar-refractivity contribution is 7.48. The quantitative estimate of drug-likeness (QED) is 0.431. The Kier molecular flexibility index (Phi) is 11.2. The molecule has 0 bridgehead atoms. The third-order valence-corrected chi connectivity index (χ3v) is 3.83. The van der Waals surface area contributed by atoms with E-state index < -0.39 is 13.8 Å². The zero-order chi connectivity index (χ0) is 14.6. The molecule has 1 unspecified atom stereocenters. The summed E-state index contributed by atoms with van der Waals surface area (Å²) >= 11 is 0. The van der Waals surface area contributed by atoms with Crippen LogP contribution in [0.25, 0.3) is 0 Å². The summed E-state index contributed by atoms with van der Waals surface area (Å²) in [4.78, 5) is 20.1. The largest absolute Gasteiger partial charge is 0.529 e. The van der Waals surface area contributed by atoms with Gasteiger partial charge in [0.2, 0.25) is 0 Å². The van der Waals surface area contributed by atoms with E-state index in [4.69, 9.17) is 4.89 Å². The van der Waals surface area contributed by atoms with Gasteiger partial charge in [-0.2, -0.15) is 0 Å². The molecule has 0 heterocycles. The predicted octanol–water partition coefficient (Wildman–Crippen LogP) is 4.20. The summed E-state index contributed by atoms with van der Waals surface area (Å²) in [6, 6.07) is 0. The van der Waals surface area contributed by atoms with Crippen LogP contribution in [0, 0.1) is 0 Å². The normalized spacial score (nSPS) is 14.1. The van der Waals surface area contributed by atoms with Crippen LogP contribution in [0.2, 0.25) is 0 Å². The van der Waals surface area contributed by atoms with Gasteiger partial charge in [-0.3, -0.25) is 14.2 Å². The van der Waals surface area contributed by atoms with Gasteiger partial charge in [-0.1, -0.05) is 58.3 Å². The summed E-state index contributed by atoms with van der Waals surface area (Å²) in [5.74, 6) is -0.671. The van der Waals surface area contributed by atoms with Crippen LogP contribution in [-0.4, -0.2) is 18.0 Å². The van der Waals surface area contributed by atoms with Crippen molar-refractivity contribution >= 4 is 13.8 Å². The fourth-order valence-corrected chi connectivity index (χ4v) is 2.21. The fraction of sp³-hybridized carbons (Fsp3) is 0.923. The molecule has 114 valence electrons. The lowest BCUT2D eigenvalue weighted by molar-refractivity contribution is -0.136. The Hall–Kier alpha value is -0.380. The molecule has 0 aliphatic heterocycles. The Morgan fingerprint density at radius 2 is 1.47 bits per heavy atom. The van der Waals surface area contributed by atoms with Gasteiger partial charge < -0.3 is 4.52 Å². The van der Waals surface area contributed by atoms with Gasteiger partial charge in [-0.05, 0) is 6.42 Å². The number of carbonyl (C=O) groups is 1. The smallest absolute Gasteiger partial charge is 0.371 e. The van der Waals surface area contributed by atoms with E-state index in [0.717, 1.165) is 20.0 Å². The summed E-state index contributed by atoms with van der Waals surface area (Å²) in [5.41, 5.74) is 0. The highest BCUT2D eigenvalue weighted by atomic mass is 31.2. The first kappa shape index (κ1) is 18.6. The molecule has 0 spiro atoms. The van der Waals surface area contributed by atoms with Crippen molar-refractivity contribution in [1.82, 2.24) is 0 Å². The lowest BCUT2D eigenvalue weighted by Gasteiger charge is -2.08. The molecule has 0 amide bonds. The molecule has 0 radical (unpaired) electrons. The molecule has 1 N–H and O–H groups in total. The maximum absolute atomic E-state index is 11.2. The molecule has 0 aromatic carbocycles. The standard InChI is InChI=1S/C13H27O5P/c1-3-4-5-6-7-8-9-10-11-12-13(14)18-19(15,16)17-2/h3-12H2,1-2H3,(H,15,16). The van der Waals surface area contributed by atoms with E-state index >= 15 is 0 Å². The molecule has 0 aromatic rings. The molecule has 0 saturated carbocycles. The van der Waals surface area contributed by atoms with Crippen molar-refractivity contribution in [2.75, 3.05) is 7.11 Å². The SMILES string of the molecule is CCCCCCCCCCCC(=O)OP(=O)(O)OC. The monoisotopic (exact) mass is 294 g/mol. The molecular weight excluding hydrogens is 267 g/mol. The zero-order valence-electron chi connectivity index (χ0n) is 12.1. The summed E-state index contributed by atoms with van der Waals surface area (Å²) in [6.45, 7) is 2.20. The average molecular weight is 294 g/mol. The number of rotatable bonds is 12. The maximum atomic E-state index is 11.2. The highest BCUT2D eigenvalue weighted by Crippen LogP contribution is 2.42. The van der Waals surface area contributed by atoms with Crippen LogP contribution in [0.15, 0.2) is 0 Å². The van der Waals surface area contributed by atoms with Crippen molar-refractivity contribution in [1.29, 1.82) is 0 Å². The average Bonchev–Trinajstić information content (AvgIpc) is 2.36. The molecule has 0 saturated heterocycles. The van der Waals surface area contributed by atoms with Gasteiger partial charge in [-0.25, -0.2) is 4.57 Å². The second kappa shape index (κ2) is 11.4. The molecule has 0 aliphatic rings.